The Kier molecular flexibility index (Phi) is 4.48. The van der Waals surface area contributed by atoms with Gasteiger partial charge in [0.25, 0.3) is 0 Å². The van der Waals surface area contributed by atoms with Crippen molar-refractivity contribution in [1.82, 2.24) is 4.90 Å². The van der Waals surface area contributed by atoms with E-state index in [2.05, 4.69) is 0 Å². The van der Waals surface area contributed by atoms with Crippen LogP contribution in [0.4, 0.5) is 0 Å². The summed E-state index contributed by atoms with van der Waals surface area (Å²) in [6, 6.07) is 0.0381. The van der Waals surface area contributed by atoms with E-state index in [0.29, 0.717) is 26.3 Å². The maximum Gasteiger partial charge on any atom is 0.217 e. The van der Waals surface area contributed by atoms with Crippen LogP contribution in [0.25, 0.3) is 0 Å². The Balaban J connectivity index is 2.52. The third kappa shape index (κ3) is 4.04. The number of aliphatic hydroxyl groups excluding tert-OH is 1. The van der Waals surface area contributed by atoms with Crippen LogP contribution >= 0.6 is 0 Å². The van der Waals surface area contributed by atoms with Crippen LogP contribution < -0.4 is 5.73 Å². The van der Waals surface area contributed by atoms with E-state index in [0.717, 1.165) is 0 Å². The van der Waals surface area contributed by atoms with Gasteiger partial charge in [-0.25, -0.2) is 4.90 Å². The maximum atomic E-state index is 9.90. The van der Waals surface area contributed by atoms with E-state index >= 15 is 0 Å². The van der Waals surface area contributed by atoms with E-state index in [-0.39, 0.29) is 11.6 Å². The molecule has 0 aliphatic carbocycles. The van der Waals surface area contributed by atoms with Gasteiger partial charge in [0.2, 0.25) is 6.41 Å². The van der Waals surface area contributed by atoms with Crippen LogP contribution in [-0.2, 0) is 9.47 Å². The molecule has 1 heterocycles. The van der Waals surface area contributed by atoms with E-state index in [9.17, 15) is 5.11 Å². The van der Waals surface area contributed by atoms with Crippen LogP contribution in [0.2, 0.25) is 0 Å². The number of aliphatic hydroxyl groups is 1. The van der Waals surface area contributed by atoms with Crippen molar-refractivity contribution in [3.63, 3.8) is 0 Å². The molecular formula is C10H22N2O3. The summed E-state index contributed by atoms with van der Waals surface area (Å²) in [6.45, 7) is 8.02. The topological polar surface area (TPSA) is 68.0 Å². The third-order valence-corrected chi connectivity index (χ3v) is 2.29. The minimum absolute atomic E-state index is 0.0381. The van der Waals surface area contributed by atoms with Gasteiger partial charge in [-0.1, -0.05) is 0 Å². The Morgan fingerprint density at radius 2 is 2.27 bits per heavy atom. The van der Waals surface area contributed by atoms with Crippen molar-refractivity contribution in [1.29, 1.82) is 0 Å². The van der Waals surface area contributed by atoms with Crippen molar-refractivity contribution >= 4 is 0 Å². The van der Waals surface area contributed by atoms with Crippen LogP contribution in [0.1, 0.15) is 20.8 Å². The van der Waals surface area contributed by atoms with Gasteiger partial charge in [0.1, 0.15) is 0 Å². The lowest BCUT2D eigenvalue weighted by atomic mass is 10.2. The SMILES string of the molecule is CC(C)(C)OC(O)N1CCOC[C@H]1CN. The zero-order valence-electron chi connectivity index (χ0n) is 9.77. The molecule has 5 heteroatoms. The highest BCUT2D eigenvalue weighted by Crippen LogP contribution is 2.16. The summed E-state index contributed by atoms with van der Waals surface area (Å²) in [5.41, 5.74) is 5.24. The molecule has 0 aromatic heterocycles. The standard InChI is InChI=1S/C10H22N2O3/c1-10(2,3)15-9(13)12-4-5-14-7-8(12)6-11/h8-9,13H,4-7,11H2,1-3H3/t8-,9?/m1/s1. The molecule has 1 fully saturated rings. The van der Waals surface area contributed by atoms with Crippen LogP contribution in [0.3, 0.4) is 0 Å². The Labute approximate surface area is 91.1 Å². The lowest BCUT2D eigenvalue weighted by Crippen LogP contribution is -2.55. The highest BCUT2D eigenvalue weighted by atomic mass is 16.6. The zero-order chi connectivity index (χ0) is 11.5. The van der Waals surface area contributed by atoms with Crippen molar-refractivity contribution < 1.29 is 14.6 Å². The molecule has 3 N–H and O–H groups in total. The highest BCUT2D eigenvalue weighted by molar-refractivity contribution is 4.76. The average Bonchev–Trinajstić information content (AvgIpc) is 2.15. The van der Waals surface area contributed by atoms with Gasteiger partial charge in [0.05, 0.1) is 18.8 Å². The first-order valence-electron chi connectivity index (χ1n) is 5.33. The first-order chi connectivity index (χ1) is 6.94. The van der Waals surface area contributed by atoms with E-state index < -0.39 is 6.41 Å². The van der Waals surface area contributed by atoms with Gasteiger partial charge in [0, 0.05) is 19.1 Å². The molecule has 1 unspecified atom stereocenters. The molecule has 5 nitrogen and oxygen atoms in total. The summed E-state index contributed by atoms with van der Waals surface area (Å²) in [5.74, 6) is 0. The van der Waals surface area contributed by atoms with Crippen LogP contribution in [0.5, 0.6) is 0 Å². The number of nitrogens with two attached hydrogens (primary N) is 1. The van der Waals surface area contributed by atoms with Crippen LogP contribution in [0.15, 0.2) is 0 Å². The third-order valence-electron chi connectivity index (χ3n) is 2.29. The fourth-order valence-corrected chi connectivity index (χ4v) is 1.55. The normalized spacial score (nSPS) is 26.6. The Morgan fingerprint density at radius 3 is 2.80 bits per heavy atom. The van der Waals surface area contributed by atoms with Gasteiger partial charge >= 0.3 is 0 Å². The predicted octanol–water partition coefficient (Wildman–Crippen LogP) is -0.263. The minimum atomic E-state index is -0.901. The number of hydrogen-bond donors (Lipinski definition) is 2. The van der Waals surface area contributed by atoms with Crippen molar-refractivity contribution in [3.05, 3.63) is 0 Å². The average molecular weight is 218 g/mol. The summed E-state index contributed by atoms with van der Waals surface area (Å²) in [6.07, 6.45) is -0.901. The molecule has 0 aromatic carbocycles. The molecule has 0 radical (unpaired) electrons. The molecule has 0 bridgehead atoms. The molecule has 0 spiro atoms. The van der Waals surface area contributed by atoms with Gasteiger partial charge < -0.3 is 20.3 Å². The number of hydrogen-bond acceptors (Lipinski definition) is 5. The first-order valence-corrected chi connectivity index (χ1v) is 5.33. The lowest BCUT2D eigenvalue weighted by Gasteiger charge is -2.39. The summed E-state index contributed by atoms with van der Waals surface area (Å²) in [7, 11) is 0. The van der Waals surface area contributed by atoms with Gasteiger partial charge in [-0.3, -0.25) is 0 Å². The van der Waals surface area contributed by atoms with Crippen LogP contribution in [-0.4, -0.2) is 54.4 Å². The van der Waals surface area contributed by atoms with Crippen molar-refractivity contribution in [2.75, 3.05) is 26.3 Å². The van der Waals surface area contributed by atoms with Gasteiger partial charge in [-0.2, -0.15) is 0 Å². The van der Waals surface area contributed by atoms with Crippen molar-refractivity contribution in [2.45, 2.75) is 38.8 Å². The second-order valence-corrected chi connectivity index (χ2v) is 4.76. The molecule has 2 atom stereocenters. The summed E-state index contributed by atoms with van der Waals surface area (Å²) < 4.78 is 10.8. The Hall–Kier alpha value is -0.200. The molecule has 1 aliphatic rings. The van der Waals surface area contributed by atoms with Gasteiger partial charge in [0.15, 0.2) is 0 Å². The maximum absolute atomic E-state index is 9.90. The number of morpholine rings is 1. The molecule has 0 saturated carbocycles. The zero-order valence-corrected chi connectivity index (χ0v) is 9.77. The summed E-state index contributed by atoms with van der Waals surface area (Å²) in [4.78, 5) is 1.84. The quantitative estimate of drug-likeness (QED) is 0.639. The van der Waals surface area contributed by atoms with Gasteiger partial charge in [-0.15, -0.1) is 0 Å². The molecule has 0 amide bonds. The molecular weight excluding hydrogens is 196 g/mol. The van der Waals surface area contributed by atoms with E-state index in [1.807, 2.05) is 25.7 Å². The highest BCUT2D eigenvalue weighted by Gasteiger charge is 2.30. The van der Waals surface area contributed by atoms with E-state index in [4.69, 9.17) is 15.2 Å². The Morgan fingerprint density at radius 1 is 1.60 bits per heavy atom. The fourth-order valence-electron chi connectivity index (χ4n) is 1.55. The molecule has 90 valence electrons. The Bertz CT molecular complexity index is 194. The molecule has 1 rings (SSSR count). The minimum Gasteiger partial charge on any atom is -0.378 e. The lowest BCUT2D eigenvalue weighted by molar-refractivity contribution is -0.260. The van der Waals surface area contributed by atoms with Gasteiger partial charge in [-0.05, 0) is 20.8 Å². The number of rotatable bonds is 3. The molecule has 1 aliphatic heterocycles. The van der Waals surface area contributed by atoms with Crippen molar-refractivity contribution in [3.8, 4) is 0 Å². The second kappa shape index (κ2) is 5.23. The summed E-state index contributed by atoms with van der Waals surface area (Å²) >= 11 is 0. The fraction of sp³-hybridized carbons (Fsp3) is 1.00. The molecule has 15 heavy (non-hydrogen) atoms. The molecule has 1 saturated heterocycles. The van der Waals surface area contributed by atoms with E-state index in [1.54, 1.807) is 0 Å². The monoisotopic (exact) mass is 218 g/mol. The first kappa shape index (κ1) is 12.9. The smallest absolute Gasteiger partial charge is 0.217 e. The predicted molar refractivity (Wildman–Crippen MR) is 57.2 cm³/mol. The largest absolute Gasteiger partial charge is 0.378 e. The summed E-state index contributed by atoms with van der Waals surface area (Å²) in [5, 5.41) is 9.90. The van der Waals surface area contributed by atoms with E-state index in [1.165, 1.54) is 0 Å². The number of ether oxygens (including phenoxy) is 2. The number of nitrogens with zero attached hydrogens (tertiary/aromatic N) is 1. The second-order valence-electron chi connectivity index (χ2n) is 4.76. The van der Waals surface area contributed by atoms with Crippen LogP contribution in [0, 0.1) is 0 Å². The molecule has 0 aromatic rings. The van der Waals surface area contributed by atoms with Crippen molar-refractivity contribution in [2.24, 2.45) is 5.73 Å².